The van der Waals surface area contributed by atoms with E-state index in [1.165, 1.54) is 0 Å². The predicted molar refractivity (Wildman–Crippen MR) is 78.1 cm³/mol. The first-order valence-corrected chi connectivity index (χ1v) is 6.56. The summed E-state index contributed by atoms with van der Waals surface area (Å²) < 4.78 is 5.60. The fraction of sp³-hybridized carbons (Fsp3) is 0.235. The van der Waals surface area contributed by atoms with E-state index in [2.05, 4.69) is 0 Å². The highest BCUT2D eigenvalue weighted by molar-refractivity contribution is 5.73. The number of hydrogen-bond donors (Lipinski definition) is 1. The molecule has 0 amide bonds. The molecule has 0 aliphatic heterocycles. The second-order valence-corrected chi connectivity index (χ2v) is 4.95. The summed E-state index contributed by atoms with van der Waals surface area (Å²) in [6, 6.07) is 15.2. The van der Waals surface area contributed by atoms with Crippen molar-refractivity contribution in [3.63, 3.8) is 0 Å². The fourth-order valence-corrected chi connectivity index (χ4v) is 2.09. The quantitative estimate of drug-likeness (QED) is 0.906. The van der Waals surface area contributed by atoms with Crippen molar-refractivity contribution in [3.05, 3.63) is 65.2 Å². The first-order chi connectivity index (χ1) is 9.54. The van der Waals surface area contributed by atoms with Gasteiger partial charge in [-0.25, -0.2) is 4.79 Å². The number of aliphatic carboxylic acids is 1. The van der Waals surface area contributed by atoms with Crippen LogP contribution in [0.15, 0.2) is 48.5 Å². The number of hydrogen-bond acceptors (Lipinski definition) is 2. The largest absolute Gasteiger partial charge is 0.478 e. The van der Waals surface area contributed by atoms with Crippen molar-refractivity contribution in [2.75, 3.05) is 0 Å². The Kier molecular flexibility index (Phi) is 4.41. The molecule has 1 atom stereocenters. The Morgan fingerprint density at radius 3 is 2.35 bits per heavy atom. The van der Waals surface area contributed by atoms with E-state index >= 15 is 0 Å². The van der Waals surface area contributed by atoms with Gasteiger partial charge in [-0.1, -0.05) is 42.0 Å². The molecule has 0 spiro atoms. The molecule has 3 nitrogen and oxygen atoms in total. The van der Waals surface area contributed by atoms with E-state index in [0.29, 0.717) is 12.2 Å². The van der Waals surface area contributed by atoms with Crippen molar-refractivity contribution in [1.82, 2.24) is 0 Å². The molecule has 0 saturated carbocycles. The topological polar surface area (TPSA) is 46.5 Å². The van der Waals surface area contributed by atoms with Gasteiger partial charge in [0, 0.05) is 6.42 Å². The Morgan fingerprint density at radius 1 is 1.10 bits per heavy atom. The van der Waals surface area contributed by atoms with Gasteiger partial charge in [-0.05, 0) is 37.1 Å². The van der Waals surface area contributed by atoms with Crippen LogP contribution in [0.25, 0.3) is 0 Å². The van der Waals surface area contributed by atoms with E-state index in [1.54, 1.807) is 6.07 Å². The maximum atomic E-state index is 11.4. The standard InChI is InChI=1S/C17H18O3/c1-12-5-3-7-14(9-12)11-16(17(18)19)20-15-8-4-6-13(2)10-15/h3-10,16H,11H2,1-2H3,(H,18,19)/t16-/m1/s1. The van der Waals surface area contributed by atoms with E-state index < -0.39 is 12.1 Å². The summed E-state index contributed by atoms with van der Waals surface area (Å²) in [6.45, 7) is 3.93. The number of aryl methyl sites for hydroxylation is 2. The molecule has 1 N–H and O–H groups in total. The summed E-state index contributed by atoms with van der Waals surface area (Å²) in [5.74, 6) is -0.363. The maximum Gasteiger partial charge on any atom is 0.345 e. The third kappa shape index (κ3) is 3.85. The molecule has 104 valence electrons. The number of ether oxygens (including phenoxy) is 1. The molecule has 0 fully saturated rings. The van der Waals surface area contributed by atoms with E-state index in [1.807, 2.05) is 56.3 Å². The average Bonchev–Trinajstić information content (AvgIpc) is 2.38. The van der Waals surface area contributed by atoms with Crippen molar-refractivity contribution in [3.8, 4) is 5.75 Å². The maximum absolute atomic E-state index is 11.4. The summed E-state index contributed by atoms with van der Waals surface area (Å²) >= 11 is 0. The smallest absolute Gasteiger partial charge is 0.345 e. The lowest BCUT2D eigenvalue weighted by molar-refractivity contribution is -0.145. The van der Waals surface area contributed by atoms with Crippen LogP contribution in [0.2, 0.25) is 0 Å². The molecule has 3 heteroatoms. The van der Waals surface area contributed by atoms with Crippen LogP contribution in [0.5, 0.6) is 5.75 Å². The summed E-state index contributed by atoms with van der Waals surface area (Å²) in [5, 5.41) is 9.31. The third-order valence-corrected chi connectivity index (χ3v) is 3.05. The monoisotopic (exact) mass is 270 g/mol. The molecule has 2 aromatic rings. The van der Waals surface area contributed by atoms with Gasteiger partial charge in [-0.15, -0.1) is 0 Å². The van der Waals surface area contributed by atoms with Crippen molar-refractivity contribution >= 4 is 5.97 Å². The van der Waals surface area contributed by atoms with Gasteiger partial charge < -0.3 is 9.84 Å². The summed E-state index contributed by atoms with van der Waals surface area (Å²) in [7, 11) is 0. The Bertz CT molecular complexity index is 557. The van der Waals surface area contributed by atoms with E-state index in [-0.39, 0.29) is 0 Å². The van der Waals surface area contributed by atoms with Gasteiger partial charge in [0.25, 0.3) is 0 Å². The minimum atomic E-state index is -0.951. The lowest BCUT2D eigenvalue weighted by atomic mass is 10.1. The Balaban J connectivity index is 2.13. The van der Waals surface area contributed by atoms with Crippen LogP contribution in [0, 0.1) is 13.8 Å². The molecule has 0 aromatic heterocycles. The second kappa shape index (κ2) is 6.24. The summed E-state index contributed by atoms with van der Waals surface area (Å²) in [6.07, 6.45) is -0.524. The van der Waals surface area contributed by atoms with Crippen LogP contribution < -0.4 is 4.74 Å². The van der Waals surface area contributed by atoms with Crippen LogP contribution in [0.4, 0.5) is 0 Å². The normalized spacial score (nSPS) is 11.9. The number of carbonyl (C=O) groups is 1. The second-order valence-electron chi connectivity index (χ2n) is 4.95. The molecule has 0 bridgehead atoms. The molecular formula is C17H18O3. The molecule has 20 heavy (non-hydrogen) atoms. The zero-order valence-electron chi connectivity index (χ0n) is 11.7. The third-order valence-electron chi connectivity index (χ3n) is 3.05. The minimum absolute atomic E-state index is 0.352. The Morgan fingerprint density at radius 2 is 1.75 bits per heavy atom. The molecule has 0 unspecified atom stereocenters. The highest BCUT2D eigenvalue weighted by Gasteiger charge is 2.20. The molecule has 0 aliphatic carbocycles. The number of carboxylic acids is 1. The van der Waals surface area contributed by atoms with Gasteiger partial charge in [0.1, 0.15) is 5.75 Å². The molecule has 0 saturated heterocycles. The average molecular weight is 270 g/mol. The van der Waals surface area contributed by atoms with E-state index in [4.69, 9.17) is 4.74 Å². The van der Waals surface area contributed by atoms with Crippen LogP contribution >= 0.6 is 0 Å². The van der Waals surface area contributed by atoms with Gasteiger partial charge >= 0.3 is 5.97 Å². The predicted octanol–water partition coefficient (Wildman–Crippen LogP) is 3.38. The van der Waals surface area contributed by atoms with Gasteiger partial charge in [0.2, 0.25) is 0 Å². The summed E-state index contributed by atoms with van der Waals surface area (Å²) in [5.41, 5.74) is 3.12. The van der Waals surface area contributed by atoms with Gasteiger partial charge in [-0.3, -0.25) is 0 Å². The van der Waals surface area contributed by atoms with E-state index in [9.17, 15) is 9.90 Å². The minimum Gasteiger partial charge on any atom is -0.478 e. The number of carboxylic acid groups (broad SMARTS) is 1. The lowest BCUT2D eigenvalue weighted by Crippen LogP contribution is -2.29. The van der Waals surface area contributed by atoms with Crippen LogP contribution in [0.3, 0.4) is 0 Å². The van der Waals surface area contributed by atoms with Crippen molar-refractivity contribution in [2.24, 2.45) is 0 Å². The molecule has 0 aliphatic rings. The van der Waals surface area contributed by atoms with E-state index in [0.717, 1.165) is 16.7 Å². The van der Waals surface area contributed by atoms with Crippen molar-refractivity contribution in [2.45, 2.75) is 26.4 Å². The Labute approximate surface area is 118 Å². The molecule has 0 heterocycles. The molecule has 2 rings (SSSR count). The first kappa shape index (κ1) is 14.1. The first-order valence-electron chi connectivity index (χ1n) is 6.56. The zero-order chi connectivity index (χ0) is 14.5. The van der Waals surface area contributed by atoms with Crippen LogP contribution in [0.1, 0.15) is 16.7 Å². The van der Waals surface area contributed by atoms with Gasteiger partial charge in [-0.2, -0.15) is 0 Å². The zero-order valence-corrected chi connectivity index (χ0v) is 11.7. The van der Waals surface area contributed by atoms with Crippen molar-refractivity contribution < 1.29 is 14.6 Å². The fourth-order valence-electron chi connectivity index (χ4n) is 2.09. The highest BCUT2D eigenvalue weighted by Crippen LogP contribution is 2.17. The molecule has 2 aromatic carbocycles. The lowest BCUT2D eigenvalue weighted by Gasteiger charge is -2.16. The van der Waals surface area contributed by atoms with Crippen LogP contribution in [-0.4, -0.2) is 17.2 Å². The highest BCUT2D eigenvalue weighted by atomic mass is 16.5. The molecule has 0 radical (unpaired) electrons. The number of rotatable bonds is 5. The van der Waals surface area contributed by atoms with Crippen molar-refractivity contribution in [1.29, 1.82) is 0 Å². The molecular weight excluding hydrogens is 252 g/mol. The van der Waals surface area contributed by atoms with Crippen LogP contribution in [-0.2, 0) is 11.2 Å². The SMILES string of the molecule is Cc1cccc(C[C@@H](Oc2cccc(C)c2)C(=O)O)c1. The number of benzene rings is 2. The summed E-state index contributed by atoms with van der Waals surface area (Å²) in [4.78, 5) is 11.4. The Hall–Kier alpha value is -2.29. The van der Waals surface area contributed by atoms with Gasteiger partial charge in [0.15, 0.2) is 6.10 Å². The van der Waals surface area contributed by atoms with Gasteiger partial charge in [0.05, 0.1) is 0 Å².